The summed E-state index contributed by atoms with van der Waals surface area (Å²) in [7, 11) is -5.31. The van der Waals surface area contributed by atoms with E-state index in [0.717, 1.165) is 58.8 Å². The molecule has 6 rings (SSSR count). The monoisotopic (exact) mass is 921 g/mol. The third kappa shape index (κ3) is 9.32. The van der Waals surface area contributed by atoms with Crippen LogP contribution in [0.4, 0.5) is 0 Å². The zero-order valence-corrected chi connectivity index (χ0v) is 35.8. The Labute approximate surface area is 344 Å². The van der Waals surface area contributed by atoms with Crippen molar-refractivity contribution in [1.29, 1.82) is 0 Å². The molecule has 4 nitrogen and oxygen atoms in total. The van der Waals surface area contributed by atoms with Gasteiger partial charge in [-0.05, 0) is 92.9 Å². The molecule has 7 heteroatoms. The molecule has 0 bridgehead atoms. The van der Waals surface area contributed by atoms with Crippen LogP contribution in [-0.2, 0) is 24.9 Å². The van der Waals surface area contributed by atoms with Crippen LogP contribution in [0.25, 0.3) is 42.3 Å². The number of hydrogen-bond donors (Lipinski definition) is 1. The van der Waals surface area contributed by atoms with E-state index < -0.39 is 27.5 Å². The maximum Gasteiger partial charge on any atom is 0.162 e. The SMILES string of the molecule is CCC(CC)C(=O)/C=C(\O)C(CC)CC.[2H]C([2H])([2H])[Si](c1cc(-c2ncnc3c2sc2cc(C4CCC(C)(C)CC4)c(C)cc23)[c-]c2ccccc12)(C([2H])([2H])[2H])C([2H])([2H])[2H].[Ir]. The summed E-state index contributed by atoms with van der Waals surface area (Å²) in [5.74, 6) is 1.04. The maximum atomic E-state index is 11.7. The molecule has 5 aromatic rings. The number of aromatic nitrogens is 2. The van der Waals surface area contributed by atoms with E-state index in [1.165, 1.54) is 53.8 Å². The van der Waals surface area contributed by atoms with Crippen LogP contribution < -0.4 is 5.19 Å². The molecule has 1 radical (unpaired) electrons. The number of aliphatic hydroxyl groups is 1. The first kappa shape index (κ1) is 30.6. The minimum atomic E-state index is -5.31. The molecule has 0 saturated heterocycles. The zero-order valence-electron chi connectivity index (χ0n) is 40.6. The second-order valence-corrected chi connectivity index (χ2v) is 18.1. The number of allylic oxidation sites excluding steroid dienone is 2. The van der Waals surface area contributed by atoms with E-state index in [1.54, 1.807) is 24.3 Å². The Morgan fingerprint density at radius 3 is 2.29 bits per heavy atom. The molecule has 1 saturated carbocycles. The summed E-state index contributed by atoms with van der Waals surface area (Å²) >= 11 is 1.54. The normalized spacial score (nSPS) is 18.6. The van der Waals surface area contributed by atoms with Crippen molar-refractivity contribution >= 4 is 61.5 Å². The van der Waals surface area contributed by atoms with Crippen LogP contribution in [0.5, 0.6) is 0 Å². The number of carbonyl (C=O) groups excluding carboxylic acids is 1. The summed E-state index contributed by atoms with van der Waals surface area (Å²) in [6.07, 6.45) is 11.0. The van der Waals surface area contributed by atoms with Crippen molar-refractivity contribution in [1.82, 2.24) is 9.97 Å². The molecule has 0 spiro atoms. The van der Waals surface area contributed by atoms with Crippen molar-refractivity contribution in [2.75, 3.05) is 0 Å². The summed E-state index contributed by atoms with van der Waals surface area (Å²) < 4.78 is 77.7. The number of fused-ring (bicyclic) bond motifs is 4. The molecule has 2 aromatic heterocycles. The predicted molar refractivity (Wildman–Crippen MR) is 223 cm³/mol. The Morgan fingerprint density at radius 1 is 1.00 bits per heavy atom. The number of aliphatic hydroxyl groups excluding tert-OH is 1. The largest absolute Gasteiger partial charge is 0.512 e. The molecule has 0 unspecified atom stereocenters. The number of aryl methyl sites for hydroxylation is 1. The maximum absolute atomic E-state index is 11.7. The molecular formula is C45H59IrN2O2SSi-. The summed E-state index contributed by atoms with van der Waals surface area (Å²) in [5.41, 5.74) is 4.50. The van der Waals surface area contributed by atoms with E-state index in [4.69, 9.17) is 12.3 Å². The minimum absolute atomic E-state index is 0. The molecule has 0 amide bonds. The number of hydrogen-bond acceptors (Lipinski definition) is 5. The van der Waals surface area contributed by atoms with Crippen molar-refractivity contribution < 1.29 is 42.3 Å². The van der Waals surface area contributed by atoms with E-state index in [1.807, 2.05) is 27.7 Å². The number of carbonyl (C=O) groups is 1. The van der Waals surface area contributed by atoms with Crippen LogP contribution in [0.2, 0.25) is 19.4 Å². The Bertz CT molecular complexity index is 2320. The molecule has 2 heterocycles. The van der Waals surface area contributed by atoms with Gasteiger partial charge in [-0.15, -0.1) is 40.1 Å². The van der Waals surface area contributed by atoms with Crippen molar-refractivity contribution in [3.8, 4) is 11.3 Å². The molecule has 3 aromatic carbocycles. The average Bonchev–Trinajstić information content (AvgIpc) is 3.51. The molecule has 0 atom stereocenters. The van der Waals surface area contributed by atoms with Crippen LogP contribution in [0.15, 0.2) is 60.6 Å². The smallest absolute Gasteiger partial charge is 0.162 e. The van der Waals surface area contributed by atoms with Gasteiger partial charge in [0.15, 0.2) is 5.78 Å². The van der Waals surface area contributed by atoms with E-state index in [9.17, 15) is 9.90 Å². The van der Waals surface area contributed by atoms with Gasteiger partial charge in [0.25, 0.3) is 0 Å². The van der Waals surface area contributed by atoms with Gasteiger partial charge >= 0.3 is 0 Å². The van der Waals surface area contributed by atoms with Gasteiger partial charge < -0.3 is 5.11 Å². The summed E-state index contributed by atoms with van der Waals surface area (Å²) in [6, 6.07) is 15.9. The van der Waals surface area contributed by atoms with Crippen molar-refractivity contribution in [3.63, 3.8) is 0 Å². The molecule has 1 fully saturated rings. The average molecular weight is 921 g/mol. The minimum Gasteiger partial charge on any atom is -0.512 e. The number of nitrogens with zero attached hydrogens (tertiary/aromatic N) is 2. The fourth-order valence-electron chi connectivity index (χ4n) is 7.53. The van der Waals surface area contributed by atoms with Crippen LogP contribution in [0.3, 0.4) is 0 Å². The van der Waals surface area contributed by atoms with Gasteiger partial charge in [0.05, 0.1) is 19.3 Å². The quantitative estimate of drug-likeness (QED) is 0.0656. The standard InChI is InChI=1S/C32H35N2SSi.C13H24O2.Ir/c1-20-15-26-27(18-25(20)21-11-13-32(2,3)14-12-21)35-31-29(33-19-34-30(26)31)23-16-22-9-7-8-10-24(22)28(17-23)36(4,5)6;1-5-10(6-2)12(14)9-13(15)11(7-3)8-4;/h7-10,15,17-19,21H,11-14H2,1-6H3;9-11,14H,5-8H2,1-4H3;/q-1;;/b;12-9-;/i4D3,5D3,6D3;;. The Balaban J connectivity index is 0.000000439. The van der Waals surface area contributed by atoms with E-state index in [0.29, 0.717) is 28.0 Å². The fourth-order valence-corrected chi connectivity index (χ4v) is 9.71. The first-order valence-electron chi connectivity index (χ1n) is 23.0. The third-order valence-corrected chi connectivity index (χ3v) is 13.3. The topological polar surface area (TPSA) is 63.1 Å². The second kappa shape index (κ2) is 17.6. The van der Waals surface area contributed by atoms with E-state index in [-0.39, 0.29) is 54.1 Å². The fraction of sp³-hybridized carbons (Fsp3) is 0.489. The van der Waals surface area contributed by atoms with Crippen molar-refractivity contribution in [2.24, 2.45) is 17.3 Å². The Hall–Kier alpha value is -2.70. The summed E-state index contributed by atoms with van der Waals surface area (Å²) in [5, 5.41) is 11.3. The number of benzene rings is 3. The van der Waals surface area contributed by atoms with Gasteiger partial charge in [-0.2, -0.15) is 0 Å². The molecule has 52 heavy (non-hydrogen) atoms. The molecule has 0 aliphatic heterocycles. The van der Waals surface area contributed by atoms with Gasteiger partial charge in [-0.25, -0.2) is 4.98 Å². The first-order chi connectivity index (χ1) is 28.0. The molecule has 1 N–H and O–H groups in total. The predicted octanol–water partition coefficient (Wildman–Crippen LogP) is 12.9. The van der Waals surface area contributed by atoms with Crippen molar-refractivity contribution in [2.45, 2.75) is 125 Å². The van der Waals surface area contributed by atoms with Crippen LogP contribution >= 0.6 is 11.3 Å². The Kier molecular flexibility index (Phi) is 10.4. The first-order valence-corrected chi connectivity index (χ1v) is 21.4. The van der Waals surface area contributed by atoms with Gasteiger partial charge in [-0.1, -0.05) is 90.1 Å². The third-order valence-electron chi connectivity index (χ3n) is 10.9. The molecule has 281 valence electrons. The van der Waals surface area contributed by atoms with E-state index >= 15 is 0 Å². The second-order valence-electron chi connectivity index (χ2n) is 15.0. The van der Waals surface area contributed by atoms with Crippen LogP contribution in [-0.4, -0.2) is 28.9 Å². The van der Waals surface area contributed by atoms with Crippen LogP contribution in [0, 0.1) is 30.2 Å². The van der Waals surface area contributed by atoms with Gasteiger partial charge in [0, 0.05) is 70.8 Å². The number of rotatable bonds is 10. The summed E-state index contributed by atoms with van der Waals surface area (Å²) in [4.78, 5) is 21.0. The van der Waals surface area contributed by atoms with Crippen LogP contribution in [0.1, 0.15) is 122 Å². The van der Waals surface area contributed by atoms with Gasteiger partial charge in [-0.3, -0.25) is 9.78 Å². The molecule has 1 aliphatic rings. The number of ketones is 1. The van der Waals surface area contributed by atoms with Gasteiger partial charge in [0.1, 0.15) is 6.33 Å². The zero-order chi connectivity index (χ0) is 44.6. The Morgan fingerprint density at radius 2 is 1.65 bits per heavy atom. The summed E-state index contributed by atoms with van der Waals surface area (Å²) in [6.45, 7) is 5.11. The van der Waals surface area contributed by atoms with Crippen molar-refractivity contribution in [3.05, 3.63) is 77.8 Å². The number of thiophene rings is 1. The molecule has 1 aliphatic carbocycles. The van der Waals surface area contributed by atoms with E-state index in [2.05, 4.69) is 48.9 Å². The molecular weight excluding hydrogens is 853 g/mol. The van der Waals surface area contributed by atoms with Gasteiger partial charge in [0.2, 0.25) is 0 Å².